The normalized spacial score (nSPS) is 12.0. The van der Waals surface area contributed by atoms with Gasteiger partial charge >= 0.3 is 6.03 Å². The Morgan fingerprint density at radius 2 is 2.10 bits per heavy atom. The van der Waals surface area contributed by atoms with E-state index in [0.717, 1.165) is 11.3 Å². The number of carbonyl (C=O) groups is 1. The number of aliphatic hydroxyl groups is 1. The van der Waals surface area contributed by atoms with Crippen LogP contribution in [0.3, 0.4) is 0 Å². The first-order valence-corrected chi connectivity index (χ1v) is 7.44. The maximum absolute atomic E-state index is 11.6. The van der Waals surface area contributed by atoms with Crippen LogP contribution in [0.2, 0.25) is 0 Å². The van der Waals surface area contributed by atoms with Crippen molar-refractivity contribution in [3.63, 3.8) is 0 Å². The highest BCUT2D eigenvalue weighted by Gasteiger charge is 2.09. The van der Waals surface area contributed by atoms with Crippen LogP contribution in [-0.2, 0) is 6.54 Å². The third kappa shape index (κ3) is 6.99. The molecule has 0 saturated heterocycles. The summed E-state index contributed by atoms with van der Waals surface area (Å²) in [5.74, 6) is 1.01. The predicted molar refractivity (Wildman–Crippen MR) is 83.3 cm³/mol. The molecule has 0 heterocycles. The summed E-state index contributed by atoms with van der Waals surface area (Å²) in [5, 5.41) is 15.2. The summed E-state index contributed by atoms with van der Waals surface area (Å²) >= 11 is 0. The molecule has 0 fully saturated rings. The molecule has 118 valence electrons. The second-order valence-corrected chi connectivity index (χ2v) is 5.29. The van der Waals surface area contributed by atoms with E-state index in [1.807, 2.05) is 45.0 Å². The van der Waals surface area contributed by atoms with Gasteiger partial charge in [0.1, 0.15) is 5.75 Å². The molecule has 3 N–H and O–H groups in total. The van der Waals surface area contributed by atoms with Gasteiger partial charge in [-0.25, -0.2) is 4.79 Å². The Balaban J connectivity index is 2.28. The molecule has 21 heavy (non-hydrogen) atoms. The van der Waals surface area contributed by atoms with Crippen molar-refractivity contribution in [2.45, 2.75) is 39.8 Å². The summed E-state index contributed by atoms with van der Waals surface area (Å²) in [6, 6.07) is 7.41. The fraction of sp³-hybridized carbons (Fsp3) is 0.562. The highest BCUT2D eigenvalue weighted by molar-refractivity contribution is 5.73. The molecule has 2 amide bonds. The van der Waals surface area contributed by atoms with Gasteiger partial charge in [-0.2, -0.15) is 0 Å². The van der Waals surface area contributed by atoms with Crippen LogP contribution in [-0.4, -0.2) is 30.4 Å². The summed E-state index contributed by atoms with van der Waals surface area (Å²) in [4.78, 5) is 11.6. The number of benzene rings is 1. The van der Waals surface area contributed by atoms with Crippen molar-refractivity contribution in [1.29, 1.82) is 0 Å². The molecule has 1 atom stereocenters. The number of aliphatic hydroxyl groups excluding tert-OH is 1. The maximum Gasteiger partial charge on any atom is 0.315 e. The number of carbonyl (C=O) groups excluding carboxylic acids is 1. The molecular weight excluding hydrogens is 268 g/mol. The van der Waals surface area contributed by atoms with Gasteiger partial charge in [0.25, 0.3) is 0 Å². The van der Waals surface area contributed by atoms with Crippen molar-refractivity contribution in [3.8, 4) is 5.75 Å². The molecule has 1 unspecified atom stereocenters. The number of amides is 2. The monoisotopic (exact) mass is 294 g/mol. The van der Waals surface area contributed by atoms with Gasteiger partial charge in [0.15, 0.2) is 0 Å². The van der Waals surface area contributed by atoms with Gasteiger partial charge in [-0.1, -0.05) is 26.0 Å². The Morgan fingerprint density at radius 1 is 1.33 bits per heavy atom. The van der Waals surface area contributed by atoms with Crippen LogP contribution in [0.1, 0.15) is 32.8 Å². The minimum absolute atomic E-state index is 0.205. The quantitative estimate of drug-likeness (QED) is 0.689. The van der Waals surface area contributed by atoms with E-state index in [2.05, 4.69) is 10.6 Å². The second-order valence-electron chi connectivity index (χ2n) is 5.29. The topological polar surface area (TPSA) is 70.6 Å². The Bertz CT molecular complexity index is 435. The van der Waals surface area contributed by atoms with E-state index in [9.17, 15) is 9.90 Å². The van der Waals surface area contributed by atoms with Crippen LogP contribution in [0, 0.1) is 5.92 Å². The molecule has 0 aromatic heterocycles. The highest BCUT2D eigenvalue weighted by atomic mass is 16.5. The third-order valence-corrected chi connectivity index (χ3v) is 3.16. The van der Waals surface area contributed by atoms with Crippen LogP contribution in [0.25, 0.3) is 0 Å². The lowest BCUT2D eigenvalue weighted by atomic mass is 10.0. The molecule has 5 nitrogen and oxygen atoms in total. The van der Waals surface area contributed by atoms with Crippen molar-refractivity contribution in [1.82, 2.24) is 10.6 Å². The second kappa shape index (κ2) is 9.23. The summed E-state index contributed by atoms with van der Waals surface area (Å²) < 4.78 is 5.41. The van der Waals surface area contributed by atoms with E-state index in [4.69, 9.17) is 4.74 Å². The number of ether oxygens (including phenoxy) is 1. The lowest BCUT2D eigenvalue weighted by molar-refractivity contribution is 0.116. The average Bonchev–Trinajstić information content (AvgIpc) is 2.45. The SMILES string of the molecule is CCOc1cccc(CNC(=O)NCCC(O)C(C)C)c1. The summed E-state index contributed by atoms with van der Waals surface area (Å²) in [6.07, 6.45) is 0.179. The first-order chi connectivity index (χ1) is 10.0. The lowest BCUT2D eigenvalue weighted by Gasteiger charge is -2.14. The number of nitrogens with one attached hydrogen (secondary N) is 2. The van der Waals surface area contributed by atoms with Crippen LogP contribution in [0.4, 0.5) is 4.79 Å². The molecule has 1 aromatic rings. The smallest absolute Gasteiger partial charge is 0.315 e. The minimum atomic E-state index is -0.381. The standard InChI is InChI=1S/C16H26N2O3/c1-4-21-14-7-5-6-13(10-14)11-18-16(20)17-9-8-15(19)12(2)3/h5-7,10,12,15,19H,4,8-9,11H2,1-3H3,(H2,17,18,20). The number of hydrogen-bond donors (Lipinski definition) is 3. The average molecular weight is 294 g/mol. The Hall–Kier alpha value is -1.75. The van der Waals surface area contributed by atoms with Crippen molar-refractivity contribution in [3.05, 3.63) is 29.8 Å². The molecule has 5 heteroatoms. The largest absolute Gasteiger partial charge is 0.494 e. The van der Waals surface area contributed by atoms with Crippen LogP contribution in [0.5, 0.6) is 5.75 Å². The van der Waals surface area contributed by atoms with Crippen LogP contribution >= 0.6 is 0 Å². The summed E-state index contributed by atoms with van der Waals surface area (Å²) in [6.45, 7) is 7.37. The van der Waals surface area contributed by atoms with Crippen molar-refractivity contribution in [2.24, 2.45) is 5.92 Å². The molecule has 0 aliphatic rings. The summed E-state index contributed by atoms with van der Waals surface area (Å²) in [7, 11) is 0. The van der Waals surface area contributed by atoms with Gasteiger partial charge in [-0.05, 0) is 37.0 Å². The summed E-state index contributed by atoms with van der Waals surface area (Å²) in [5.41, 5.74) is 0.985. The maximum atomic E-state index is 11.6. The lowest BCUT2D eigenvalue weighted by Crippen LogP contribution is -2.37. The fourth-order valence-electron chi connectivity index (χ4n) is 1.82. The molecule has 1 aromatic carbocycles. The van der Waals surface area contributed by atoms with E-state index in [1.54, 1.807) is 0 Å². The Morgan fingerprint density at radius 3 is 2.76 bits per heavy atom. The molecule has 0 radical (unpaired) electrons. The molecule has 1 rings (SSSR count). The highest BCUT2D eigenvalue weighted by Crippen LogP contribution is 2.12. The predicted octanol–water partition coefficient (Wildman–Crippen LogP) is 2.29. The molecule has 0 saturated carbocycles. The zero-order valence-electron chi connectivity index (χ0n) is 13.1. The molecule has 0 bridgehead atoms. The van der Waals surface area contributed by atoms with E-state index >= 15 is 0 Å². The Labute approximate surface area is 126 Å². The van der Waals surface area contributed by atoms with E-state index < -0.39 is 0 Å². The number of hydrogen-bond acceptors (Lipinski definition) is 3. The number of urea groups is 1. The molecular formula is C16H26N2O3. The van der Waals surface area contributed by atoms with Gasteiger partial charge in [-0.3, -0.25) is 0 Å². The third-order valence-electron chi connectivity index (χ3n) is 3.16. The van der Waals surface area contributed by atoms with Gasteiger partial charge in [0, 0.05) is 13.1 Å². The zero-order valence-corrected chi connectivity index (χ0v) is 13.1. The van der Waals surface area contributed by atoms with Gasteiger partial charge < -0.3 is 20.5 Å². The zero-order chi connectivity index (χ0) is 15.7. The van der Waals surface area contributed by atoms with Gasteiger partial charge in [0.2, 0.25) is 0 Å². The molecule has 0 aliphatic carbocycles. The van der Waals surface area contributed by atoms with Crippen LogP contribution in [0.15, 0.2) is 24.3 Å². The molecule has 0 spiro atoms. The Kier molecular flexibility index (Phi) is 7.61. The van der Waals surface area contributed by atoms with Crippen molar-refractivity contribution < 1.29 is 14.6 Å². The van der Waals surface area contributed by atoms with Gasteiger partial charge in [0.05, 0.1) is 12.7 Å². The molecule has 0 aliphatic heterocycles. The van der Waals surface area contributed by atoms with Crippen LogP contribution < -0.4 is 15.4 Å². The van der Waals surface area contributed by atoms with Crippen molar-refractivity contribution in [2.75, 3.05) is 13.2 Å². The first kappa shape index (κ1) is 17.3. The van der Waals surface area contributed by atoms with Gasteiger partial charge in [-0.15, -0.1) is 0 Å². The first-order valence-electron chi connectivity index (χ1n) is 7.44. The van der Waals surface area contributed by atoms with E-state index in [1.165, 1.54) is 0 Å². The van der Waals surface area contributed by atoms with E-state index in [0.29, 0.717) is 26.1 Å². The van der Waals surface area contributed by atoms with Crippen molar-refractivity contribution >= 4 is 6.03 Å². The fourth-order valence-corrected chi connectivity index (χ4v) is 1.82. The minimum Gasteiger partial charge on any atom is -0.494 e. The number of rotatable bonds is 8. The van der Waals surface area contributed by atoms with E-state index in [-0.39, 0.29) is 18.1 Å².